The molecule has 0 fully saturated rings. The molecule has 13 heavy (non-hydrogen) atoms. The zero-order valence-corrected chi connectivity index (χ0v) is 8.93. The van der Waals surface area contributed by atoms with Crippen LogP contribution in [0.4, 0.5) is 0 Å². The second-order valence-corrected chi connectivity index (χ2v) is 3.34. The SMILES string of the molecule is C=C(Cl)CN(C)CCC(=O)OCC. The summed E-state index contributed by atoms with van der Waals surface area (Å²) in [7, 11) is 1.88. The van der Waals surface area contributed by atoms with E-state index in [4.69, 9.17) is 16.3 Å². The van der Waals surface area contributed by atoms with Crippen molar-refractivity contribution in [3.8, 4) is 0 Å². The molecule has 3 nitrogen and oxygen atoms in total. The Hall–Kier alpha value is -0.540. The summed E-state index contributed by atoms with van der Waals surface area (Å²) in [5, 5.41) is 0.575. The molecule has 0 atom stereocenters. The summed E-state index contributed by atoms with van der Waals surface area (Å²) in [4.78, 5) is 12.9. The largest absolute Gasteiger partial charge is 0.466 e. The number of hydrogen-bond acceptors (Lipinski definition) is 3. The van der Waals surface area contributed by atoms with Crippen molar-refractivity contribution in [2.24, 2.45) is 0 Å². The summed E-state index contributed by atoms with van der Waals surface area (Å²) in [6, 6.07) is 0. The highest BCUT2D eigenvalue weighted by Gasteiger charge is 2.04. The molecule has 0 saturated heterocycles. The van der Waals surface area contributed by atoms with Crippen LogP contribution in [0.15, 0.2) is 11.6 Å². The number of nitrogens with zero attached hydrogens (tertiary/aromatic N) is 1. The third kappa shape index (κ3) is 7.81. The molecule has 0 spiro atoms. The van der Waals surface area contributed by atoms with Gasteiger partial charge in [-0.2, -0.15) is 0 Å². The van der Waals surface area contributed by atoms with Crippen molar-refractivity contribution in [3.05, 3.63) is 11.6 Å². The van der Waals surface area contributed by atoms with Gasteiger partial charge in [-0.05, 0) is 14.0 Å². The van der Waals surface area contributed by atoms with E-state index in [2.05, 4.69) is 6.58 Å². The van der Waals surface area contributed by atoms with E-state index in [0.29, 0.717) is 31.1 Å². The minimum Gasteiger partial charge on any atom is -0.466 e. The topological polar surface area (TPSA) is 29.5 Å². The summed E-state index contributed by atoms with van der Waals surface area (Å²) in [5.41, 5.74) is 0. The van der Waals surface area contributed by atoms with Crippen LogP contribution in [0.3, 0.4) is 0 Å². The molecule has 0 bridgehead atoms. The minimum absolute atomic E-state index is 0.172. The number of esters is 1. The molecule has 76 valence electrons. The molecular formula is C9H16ClNO2. The molecule has 0 aromatic carbocycles. The second-order valence-electron chi connectivity index (χ2n) is 2.81. The van der Waals surface area contributed by atoms with Crippen molar-refractivity contribution in [2.45, 2.75) is 13.3 Å². The average molecular weight is 206 g/mol. The highest BCUT2D eigenvalue weighted by Crippen LogP contribution is 2.00. The summed E-state index contributed by atoms with van der Waals surface area (Å²) in [6.45, 7) is 7.04. The molecule has 0 aromatic rings. The smallest absolute Gasteiger partial charge is 0.307 e. The first-order chi connectivity index (χ1) is 6.06. The fourth-order valence-corrected chi connectivity index (χ4v) is 1.09. The first-order valence-corrected chi connectivity index (χ1v) is 4.61. The van der Waals surface area contributed by atoms with Gasteiger partial charge < -0.3 is 9.64 Å². The molecule has 4 heteroatoms. The van der Waals surface area contributed by atoms with Crippen molar-refractivity contribution in [2.75, 3.05) is 26.7 Å². The van der Waals surface area contributed by atoms with Gasteiger partial charge in [-0.25, -0.2) is 0 Å². The van der Waals surface area contributed by atoms with Crippen LogP contribution >= 0.6 is 11.6 Å². The van der Waals surface area contributed by atoms with Crippen LogP contribution in [0.5, 0.6) is 0 Å². The van der Waals surface area contributed by atoms with Gasteiger partial charge in [-0.3, -0.25) is 4.79 Å². The zero-order chi connectivity index (χ0) is 10.3. The van der Waals surface area contributed by atoms with Crippen molar-refractivity contribution < 1.29 is 9.53 Å². The highest BCUT2D eigenvalue weighted by molar-refractivity contribution is 6.29. The van der Waals surface area contributed by atoms with Crippen LogP contribution < -0.4 is 0 Å². The van der Waals surface area contributed by atoms with E-state index in [9.17, 15) is 4.79 Å². The number of hydrogen-bond donors (Lipinski definition) is 0. The van der Waals surface area contributed by atoms with Gasteiger partial charge in [-0.1, -0.05) is 18.2 Å². The summed E-state index contributed by atoms with van der Waals surface area (Å²) in [5.74, 6) is -0.172. The van der Waals surface area contributed by atoms with Crippen molar-refractivity contribution in [1.82, 2.24) is 4.90 Å². The molecule has 0 N–H and O–H groups in total. The summed E-state index contributed by atoms with van der Waals surface area (Å²) >= 11 is 5.60. The zero-order valence-electron chi connectivity index (χ0n) is 8.18. The molecule has 0 aliphatic heterocycles. The van der Waals surface area contributed by atoms with E-state index in [-0.39, 0.29) is 5.97 Å². The Kier molecular flexibility index (Phi) is 6.63. The normalized spacial score (nSPS) is 10.2. The molecule has 0 aliphatic carbocycles. The van der Waals surface area contributed by atoms with Crippen molar-refractivity contribution >= 4 is 17.6 Å². The van der Waals surface area contributed by atoms with Crippen LogP contribution in [0, 0.1) is 0 Å². The molecule has 0 unspecified atom stereocenters. The monoisotopic (exact) mass is 205 g/mol. The minimum atomic E-state index is -0.172. The van der Waals surface area contributed by atoms with Gasteiger partial charge in [0.05, 0.1) is 13.0 Å². The summed E-state index contributed by atoms with van der Waals surface area (Å²) < 4.78 is 4.78. The first kappa shape index (κ1) is 12.5. The maximum atomic E-state index is 10.9. The Labute approximate surface area is 84.3 Å². The molecule has 0 amide bonds. The quantitative estimate of drug-likeness (QED) is 0.618. The van der Waals surface area contributed by atoms with E-state index in [1.165, 1.54) is 0 Å². The van der Waals surface area contributed by atoms with Gasteiger partial charge in [0.2, 0.25) is 0 Å². The van der Waals surface area contributed by atoms with Gasteiger partial charge in [0.1, 0.15) is 0 Å². The standard InChI is InChI=1S/C9H16ClNO2/c1-4-13-9(12)5-6-11(3)7-8(2)10/h2,4-7H2,1,3H3. The molecular weight excluding hydrogens is 190 g/mol. The number of halogens is 1. The maximum absolute atomic E-state index is 10.9. The Balaban J connectivity index is 3.51. The first-order valence-electron chi connectivity index (χ1n) is 4.23. The fraction of sp³-hybridized carbons (Fsp3) is 0.667. The van der Waals surface area contributed by atoms with E-state index >= 15 is 0 Å². The van der Waals surface area contributed by atoms with Crippen LogP contribution in [0.1, 0.15) is 13.3 Å². The summed E-state index contributed by atoms with van der Waals surface area (Å²) in [6.07, 6.45) is 0.397. The van der Waals surface area contributed by atoms with Crippen LogP contribution in [-0.4, -0.2) is 37.6 Å². The maximum Gasteiger partial charge on any atom is 0.307 e. The van der Waals surface area contributed by atoms with Crippen LogP contribution in [0.2, 0.25) is 0 Å². The number of carbonyl (C=O) groups is 1. The van der Waals surface area contributed by atoms with Gasteiger partial charge in [0.15, 0.2) is 0 Å². The lowest BCUT2D eigenvalue weighted by Gasteiger charge is -2.14. The van der Waals surface area contributed by atoms with Gasteiger partial charge in [0.25, 0.3) is 0 Å². The highest BCUT2D eigenvalue weighted by atomic mass is 35.5. The lowest BCUT2D eigenvalue weighted by molar-refractivity contribution is -0.143. The predicted molar refractivity (Wildman–Crippen MR) is 53.7 cm³/mol. The fourth-order valence-electron chi connectivity index (χ4n) is 0.887. The molecule has 0 saturated carbocycles. The Bertz CT molecular complexity index is 182. The van der Waals surface area contributed by atoms with E-state index in [1.807, 2.05) is 11.9 Å². The van der Waals surface area contributed by atoms with Gasteiger partial charge >= 0.3 is 5.97 Å². The molecule has 0 aliphatic rings. The van der Waals surface area contributed by atoms with Crippen molar-refractivity contribution in [3.63, 3.8) is 0 Å². The van der Waals surface area contributed by atoms with Gasteiger partial charge in [0, 0.05) is 18.1 Å². The lowest BCUT2D eigenvalue weighted by Crippen LogP contribution is -2.23. The second kappa shape index (κ2) is 6.92. The predicted octanol–water partition coefficient (Wildman–Crippen LogP) is 1.62. The Morgan fingerprint density at radius 3 is 2.69 bits per heavy atom. The van der Waals surface area contributed by atoms with Crippen LogP contribution in [0.25, 0.3) is 0 Å². The Morgan fingerprint density at radius 2 is 2.23 bits per heavy atom. The third-order valence-electron chi connectivity index (χ3n) is 1.44. The number of likely N-dealkylation sites (N-methyl/N-ethyl adjacent to an activating group) is 1. The third-order valence-corrected chi connectivity index (χ3v) is 1.56. The number of carbonyl (C=O) groups excluding carboxylic acids is 1. The average Bonchev–Trinajstić information content (AvgIpc) is 2.00. The van der Waals surface area contributed by atoms with E-state index in [0.717, 1.165) is 0 Å². The van der Waals surface area contributed by atoms with Crippen LogP contribution in [-0.2, 0) is 9.53 Å². The van der Waals surface area contributed by atoms with E-state index < -0.39 is 0 Å². The molecule has 0 heterocycles. The Morgan fingerprint density at radius 1 is 1.62 bits per heavy atom. The number of ether oxygens (including phenoxy) is 1. The van der Waals surface area contributed by atoms with E-state index in [1.54, 1.807) is 6.92 Å². The molecule has 0 rings (SSSR count). The number of rotatable bonds is 6. The van der Waals surface area contributed by atoms with Crippen molar-refractivity contribution in [1.29, 1.82) is 0 Å². The van der Waals surface area contributed by atoms with Gasteiger partial charge in [-0.15, -0.1) is 0 Å². The lowest BCUT2D eigenvalue weighted by atomic mass is 10.4. The molecule has 0 aromatic heterocycles. The molecule has 0 radical (unpaired) electrons.